The van der Waals surface area contributed by atoms with Gasteiger partial charge in [-0.2, -0.15) is 0 Å². The highest BCUT2D eigenvalue weighted by atomic mass is 32.1. The Bertz CT molecular complexity index is 438. The van der Waals surface area contributed by atoms with E-state index in [9.17, 15) is 4.79 Å². The normalized spacial score (nSPS) is 17.6. The van der Waals surface area contributed by atoms with Crippen molar-refractivity contribution in [1.82, 2.24) is 4.90 Å². The van der Waals surface area contributed by atoms with E-state index in [2.05, 4.69) is 23.9 Å². The number of aromatic carboxylic acids is 1. The number of hydrogen-bond donors (Lipinski definition) is 1. The molecule has 1 aromatic heterocycles. The third-order valence-corrected chi connectivity index (χ3v) is 5.13. The molecule has 18 heavy (non-hydrogen) atoms. The summed E-state index contributed by atoms with van der Waals surface area (Å²) >= 11 is 1.34. The summed E-state index contributed by atoms with van der Waals surface area (Å²) < 4.78 is 0. The fourth-order valence-corrected chi connectivity index (χ4v) is 3.30. The molecule has 1 aromatic rings. The van der Waals surface area contributed by atoms with Crippen molar-refractivity contribution in [2.75, 3.05) is 32.6 Å². The van der Waals surface area contributed by atoms with Gasteiger partial charge in [-0.15, -0.1) is 11.3 Å². The topological polar surface area (TPSA) is 43.8 Å². The summed E-state index contributed by atoms with van der Waals surface area (Å²) in [5, 5.41) is 9.97. The van der Waals surface area contributed by atoms with Gasteiger partial charge in [-0.05, 0) is 45.5 Å². The van der Waals surface area contributed by atoms with Crippen molar-refractivity contribution in [3.63, 3.8) is 0 Å². The van der Waals surface area contributed by atoms with Crippen molar-refractivity contribution < 1.29 is 9.90 Å². The molecule has 0 atom stereocenters. The van der Waals surface area contributed by atoms with Crippen LogP contribution in [0.15, 0.2) is 12.1 Å². The molecule has 0 amide bonds. The fourth-order valence-electron chi connectivity index (χ4n) is 2.50. The maximum atomic E-state index is 10.9. The summed E-state index contributed by atoms with van der Waals surface area (Å²) in [5.41, 5.74) is 0.266. The molecule has 0 unspecified atom stereocenters. The fraction of sp³-hybridized carbons (Fsp3) is 0.615. The van der Waals surface area contributed by atoms with E-state index in [1.807, 2.05) is 13.1 Å². The minimum Gasteiger partial charge on any atom is -0.477 e. The first-order valence-electron chi connectivity index (χ1n) is 6.16. The smallest absolute Gasteiger partial charge is 0.345 e. The van der Waals surface area contributed by atoms with Crippen LogP contribution >= 0.6 is 11.3 Å². The van der Waals surface area contributed by atoms with E-state index >= 15 is 0 Å². The molecular weight excluding hydrogens is 248 g/mol. The van der Waals surface area contributed by atoms with Crippen LogP contribution < -0.4 is 4.90 Å². The highest BCUT2D eigenvalue weighted by Gasteiger charge is 2.40. The Morgan fingerprint density at radius 1 is 1.39 bits per heavy atom. The third kappa shape index (κ3) is 2.37. The maximum absolute atomic E-state index is 10.9. The van der Waals surface area contributed by atoms with Crippen LogP contribution in [0.4, 0.5) is 5.00 Å². The summed E-state index contributed by atoms with van der Waals surface area (Å²) in [6.07, 6.45) is 3.74. The average molecular weight is 268 g/mol. The van der Waals surface area contributed by atoms with Gasteiger partial charge in [-0.25, -0.2) is 4.79 Å². The second kappa shape index (κ2) is 4.90. The first-order valence-corrected chi connectivity index (χ1v) is 6.98. The Hall–Kier alpha value is -1.07. The van der Waals surface area contributed by atoms with Crippen LogP contribution in [0.2, 0.25) is 0 Å². The third-order valence-electron chi connectivity index (χ3n) is 3.94. The first kappa shape index (κ1) is 13.4. The van der Waals surface area contributed by atoms with Crippen molar-refractivity contribution >= 4 is 22.3 Å². The van der Waals surface area contributed by atoms with Crippen LogP contribution in [0.3, 0.4) is 0 Å². The number of carboxylic acid groups (broad SMARTS) is 1. The predicted molar refractivity (Wildman–Crippen MR) is 74.8 cm³/mol. The van der Waals surface area contributed by atoms with Crippen LogP contribution in [0.1, 0.15) is 28.9 Å². The zero-order valence-corrected chi connectivity index (χ0v) is 12.0. The monoisotopic (exact) mass is 268 g/mol. The van der Waals surface area contributed by atoms with Gasteiger partial charge < -0.3 is 14.9 Å². The molecule has 1 saturated carbocycles. The zero-order chi connectivity index (χ0) is 13.3. The second-order valence-corrected chi connectivity index (χ2v) is 6.33. The summed E-state index contributed by atoms with van der Waals surface area (Å²) in [7, 11) is 6.30. The molecule has 0 saturated heterocycles. The van der Waals surface area contributed by atoms with Gasteiger partial charge in [0, 0.05) is 19.1 Å². The minimum atomic E-state index is -0.842. The van der Waals surface area contributed by atoms with Crippen LogP contribution in [-0.4, -0.2) is 49.2 Å². The van der Waals surface area contributed by atoms with E-state index in [1.165, 1.54) is 30.6 Å². The lowest BCUT2D eigenvalue weighted by Gasteiger charge is -2.49. The van der Waals surface area contributed by atoms with E-state index in [1.54, 1.807) is 6.07 Å². The SMILES string of the molecule is CN(CC1(N(C)C)CCC1)c1ccc(C(=O)O)s1. The number of carboxylic acids is 1. The quantitative estimate of drug-likeness (QED) is 0.890. The molecule has 1 aliphatic rings. The molecular formula is C13H20N2O2S. The van der Waals surface area contributed by atoms with E-state index in [0.717, 1.165) is 11.5 Å². The van der Waals surface area contributed by atoms with Crippen LogP contribution in [0.5, 0.6) is 0 Å². The molecule has 1 heterocycles. The van der Waals surface area contributed by atoms with Gasteiger partial charge in [0.15, 0.2) is 0 Å². The molecule has 0 spiro atoms. The van der Waals surface area contributed by atoms with Crippen molar-refractivity contribution in [2.24, 2.45) is 0 Å². The molecule has 0 bridgehead atoms. The number of likely N-dealkylation sites (N-methyl/N-ethyl adjacent to an activating group) is 2. The molecule has 1 aliphatic carbocycles. The van der Waals surface area contributed by atoms with Gasteiger partial charge in [0.1, 0.15) is 4.88 Å². The molecule has 0 aliphatic heterocycles. The Morgan fingerprint density at radius 2 is 2.06 bits per heavy atom. The number of carbonyl (C=O) groups is 1. The Labute approximate surface area is 112 Å². The largest absolute Gasteiger partial charge is 0.477 e. The highest BCUT2D eigenvalue weighted by molar-refractivity contribution is 7.17. The molecule has 4 nitrogen and oxygen atoms in total. The van der Waals surface area contributed by atoms with Gasteiger partial charge in [0.25, 0.3) is 0 Å². The Balaban J connectivity index is 2.06. The second-order valence-electron chi connectivity index (χ2n) is 5.27. The molecule has 2 rings (SSSR count). The molecule has 0 radical (unpaired) electrons. The zero-order valence-electron chi connectivity index (χ0n) is 11.1. The van der Waals surface area contributed by atoms with Crippen LogP contribution in [-0.2, 0) is 0 Å². The van der Waals surface area contributed by atoms with Gasteiger partial charge in [-0.3, -0.25) is 0 Å². The summed E-state index contributed by atoms with van der Waals surface area (Å²) in [5.74, 6) is -0.842. The van der Waals surface area contributed by atoms with Crippen molar-refractivity contribution in [2.45, 2.75) is 24.8 Å². The number of anilines is 1. The molecule has 1 N–H and O–H groups in total. The summed E-state index contributed by atoms with van der Waals surface area (Å²) in [6, 6.07) is 3.58. The lowest BCUT2D eigenvalue weighted by atomic mass is 9.75. The van der Waals surface area contributed by atoms with Crippen molar-refractivity contribution in [3.8, 4) is 0 Å². The molecule has 1 fully saturated rings. The lowest BCUT2D eigenvalue weighted by Crippen LogP contribution is -2.56. The summed E-state index contributed by atoms with van der Waals surface area (Å²) in [4.78, 5) is 15.8. The average Bonchev–Trinajstić information content (AvgIpc) is 2.71. The minimum absolute atomic E-state index is 0.266. The van der Waals surface area contributed by atoms with E-state index < -0.39 is 5.97 Å². The molecule has 5 heteroatoms. The van der Waals surface area contributed by atoms with Gasteiger partial charge in [-0.1, -0.05) is 0 Å². The number of thiophene rings is 1. The van der Waals surface area contributed by atoms with E-state index in [4.69, 9.17) is 5.11 Å². The Morgan fingerprint density at radius 3 is 2.44 bits per heavy atom. The predicted octanol–water partition coefficient (Wildman–Crippen LogP) is 2.37. The van der Waals surface area contributed by atoms with Gasteiger partial charge in [0.2, 0.25) is 0 Å². The van der Waals surface area contributed by atoms with E-state index in [-0.39, 0.29) is 5.54 Å². The lowest BCUT2D eigenvalue weighted by molar-refractivity contribution is 0.0684. The number of rotatable bonds is 5. The maximum Gasteiger partial charge on any atom is 0.345 e. The number of nitrogens with zero attached hydrogens (tertiary/aromatic N) is 2. The Kier molecular flexibility index (Phi) is 3.64. The molecule has 0 aromatic carbocycles. The van der Waals surface area contributed by atoms with Gasteiger partial charge >= 0.3 is 5.97 Å². The first-order chi connectivity index (χ1) is 8.44. The van der Waals surface area contributed by atoms with E-state index in [0.29, 0.717) is 4.88 Å². The van der Waals surface area contributed by atoms with Crippen molar-refractivity contribution in [1.29, 1.82) is 0 Å². The highest BCUT2D eigenvalue weighted by Crippen LogP contribution is 2.38. The number of hydrogen-bond acceptors (Lipinski definition) is 4. The molecule has 100 valence electrons. The van der Waals surface area contributed by atoms with Crippen molar-refractivity contribution in [3.05, 3.63) is 17.0 Å². The van der Waals surface area contributed by atoms with Crippen LogP contribution in [0, 0.1) is 0 Å². The summed E-state index contributed by atoms with van der Waals surface area (Å²) in [6.45, 7) is 0.958. The van der Waals surface area contributed by atoms with Crippen LogP contribution in [0.25, 0.3) is 0 Å². The standard InChI is InChI=1S/C13H20N2O2S/c1-14(2)13(7-4-8-13)9-15(3)11-6-5-10(18-11)12(16)17/h5-6H,4,7-9H2,1-3H3,(H,16,17). The van der Waals surface area contributed by atoms with Gasteiger partial charge in [0.05, 0.1) is 5.00 Å².